The van der Waals surface area contributed by atoms with E-state index in [9.17, 15) is 0 Å². The SMILES string of the molecule is CCCCn1cc(C)nc1NCC(C(C)C)C(C)C. The summed E-state index contributed by atoms with van der Waals surface area (Å²) in [5.74, 6) is 3.13. The molecule has 19 heavy (non-hydrogen) atoms. The quantitative estimate of drug-likeness (QED) is 0.758. The maximum absolute atomic E-state index is 4.61. The van der Waals surface area contributed by atoms with Crippen molar-refractivity contribution in [3.05, 3.63) is 11.9 Å². The molecule has 3 nitrogen and oxygen atoms in total. The number of hydrogen-bond acceptors (Lipinski definition) is 2. The highest BCUT2D eigenvalue weighted by atomic mass is 15.2. The van der Waals surface area contributed by atoms with Gasteiger partial charge in [-0.1, -0.05) is 41.0 Å². The van der Waals surface area contributed by atoms with E-state index in [0.29, 0.717) is 17.8 Å². The Morgan fingerprint density at radius 1 is 1.21 bits per heavy atom. The minimum absolute atomic E-state index is 0.691. The molecule has 0 saturated carbocycles. The van der Waals surface area contributed by atoms with Gasteiger partial charge in [0.15, 0.2) is 0 Å². The first-order chi connectivity index (χ1) is 8.95. The van der Waals surface area contributed by atoms with E-state index in [4.69, 9.17) is 0 Å². The highest BCUT2D eigenvalue weighted by Gasteiger charge is 2.18. The fourth-order valence-corrected chi connectivity index (χ4v) is 2.64. The van der Waals surface area contributed by atoms with Crippen molar-refractivity contribution in [2.45, 2.75) is 60.9 Å². The lowest BCUT2D eigenvalue weighted by atomic mass is 9.85. The monoisotopic (exact) mass is 265 g/mol. The highest BCUT2D eigenvalue weighted by molar-refractivity contribution is 5.28. The lowest BCUT2D eigenvalue weighted by Crippen LogP contribution is -2.25. The number of unbranched alkanes of at least 4 members (excludes halogenated alkanes) is 1. The van der Waals surface area contributed by atoms with Gasteiger partial charge in [-0.05, 0) is 31.1 Å². The second kappa shape index (κ2) is 7.56. The van der Waals surface area contributed by atoms with Crippen LogP contribution < -0.4 is 5.32 Å². The summed E-state index contributed by atoms with van der Waals surface area (Å²) in [4.78, 5) is 4.61. The smallest absolute Gasteiger partial charge is 0.203 e. The van der Waals surface area contributed by atoms with E-state index in [1.54, 1.807) is 0 Å². The number of aromatic nitrogens is 2. The largest absolute Gasteiger partial charge is 0.355 e. The van der Waals surface area contributed by atoms with E-state index >= 15 is 0 Å². The average Bonchev–Trinajstić information content (AvgIpc) is 2.66. The van der Waals surface area contributed by atoms with Crippen LogP contribution in [0.4, 0.5) is 5.95 Å². The lowest BCUT2D eigenvalue weighted by molar-refractivity contribution is 0.303. The molecular formula is C16H31N3. The predicted octanol–water partition coefficient (Wildman–Crippen LogP) is 4.33. The molecule has 0 aliphatic rings. The van der Waals surface area contributed by atoms with Gasteiger partial charge in [0.1, 0.15) is 0 Å². The summed E-state index contributed by atoms with van der Waals surface area (Å²) in [5.41, 5.74) is 1.10. The number of anilines is 1. The molecule has 0 radical (unpaired) electrons. The van der Waals surface area contributed by atoms with Crippen LogP contribution in [0.2, 0.25) is 0 Å². The van der Waals surface area contributed by atoms with Crippen molar-refractivity contribution >= 4 is 5.95 Å². The molecule has 0 spiro atoms. The van der Waals surface area contributed by atoms with Crippen LogP contribution in [-0.4, -0.2) is 16.1 Å². The molecule has 1 N–H and O–H groups in total. The Labute approximate surface area is 118 Å². The van der Waals surface area contributed by atoms with Gasteiger partial charge >= 0.3 is 0 Å². The summed E-state index contributed by atoms with van der Waals surface area (Å²) < 4.78 is 2.26. The second-order valence-corrected chi connectivity index (χ2v) is 6.29. The molecule has 0 aliphatic carbocycles. The maximum Gasteiger partial charge on any atom is 0.203 e. The summed E-state index contributed by atoms with van der Waals surface area (Å²) >= 11 is 0. The molecule has 0 atom stereocenters. The molecule has 0 aliphatic heterocycles. The van der Waals surface area contributed by atoms with Crippen molar-refractivity contribution in [3.8, 4) is 0 Å². The van der Waals surface area contributed by atoms with E-state index in [0.717, 1.165) is 24.7 Å². The van der Waals surface area contributed by atoms with Crippen LogP contribution in [0, 0.1) is 24.7 Å². The van der Waals surface area contributed by atoms with Crippen molar-refractivity contribution in [1.29, 1.82) is 0 Å². The van der Waals surface area contributed by atoms with E-state index < -0.39 is 0 Å². The molecule has 0 aromatic carbocycles. The fourth-order valence-electron chi connectivity index (χ4n) is 2.64. The van der Waals surface area contributed by atoms with Crippen molar-refractivity contribution in [3.63, 3.8) is 0 Å². The maximum atomic E-state index is 4.61. The van der Waals surface area contributed by atoms with Crippen molar-refractivity contribution in [2.75, 3.05) is 11.9 Å². The van der Waals surface area contributed by atoms with Crippen LogP contribution in [0.3, 0.4) is 0 Å². The van der Waals surface area contributed by atoms with Gasteiger partial charge in [-0.25, -0.2) is 4.98 Å². The van der Waals surface area contributed by atoms with E-state index in [2.05, 4.69) is 62.6 Å². The number of nitrogens with zero attached hydrogens (tertiary/aromatic N) is 2. The van der Waals surface area contributed by atoms with Crippen LogP contribution in [0.25, 0.3) is 0 Å². The Hall–Kier alpha value is -0.990. The Kier molecular flexibility index (Phi) is 6.40. The predicted molar refractivity (Wildman–Crippen MR) is 83.5 cm³/mol. The van der Waals surface area contributed by atoms with Crippen molar-refractivity contribution in [2.24, 2.45) is 17.8 Å². The second-order valence-electron chi connectivity index (χ2n) is 6.29. The van der Waals surface area contributed by atoms with Gasteiger partial charge in [0.05, 0.1) is 5.69 Å². The summed E-state index contributed by atoms with van der Waals surface area (Å²) in [7, 11) is 0. The third-order valence-electron chi connectivity index (χ3n) is 3.86. The number of rotatable bonds is 8. The topological polar surface area (TPSA) is 29.9 Å². The summed E-state index contributed by atoms with van der Waals surface area (Å²) in [5, 5.41) is 3.56. The van der Waals surface area contributed by atoms with Crippen molar-refractivity contribution < 1.29 is 0 Å². The molecule has 0 unspecified atom stereocenters. The molecule has 0 bridgehead atoms. The third-order valence-corrected chi connectivity index (χ3v) is 3.86. The molecule has 1 aromatic heterocycles. The van der Waals surface area contributed by atoms with Crippen LogP contribution in [-0.2, 0) is 6.54 Å². The van der Waals surface area contributed by atoms with Gasteiger partial charge in [0, 0.05) is 19.3 Å². The molecule has 1 heterocycles. The van der Waals surface area contributed by atoms with Gasteiger partial charge in [-0.3, -0.25) is 0 Å². The Morgan fingerprint density at radius 3 is 2.37 bits per heavy atom. The van der Waals surface area contributed by atoms with Crippen LogP contribution >= 0.6 is 0 Å². The number of aryl methyl sites for hydroxylation is 2. The number of nitrogens with one attached hydrogen (secondary N) is 1. The minimum Gasteiger partial charge on any atom is -0.355 e. The van der Waals surface area contributed by atoms with Crippen molar-refractivity contribution in [1.82, 2.24) is 9.55 Å². The van der Waals surface area contributed by atoms with E-state index in [1.165, 1.54) is 12.8 Å². The minimum atomic E-state index is 0.691. The molecule has 0 saturated heterocycles. The van der Waals surface area contributed by atoms with Gasteiger partial charge in [-0.15, -0.1) is 0 Å². The first-order valence-corrected chi connectivity index (χ1v) is 7.73. The molecular weight excluding hydrogens is 234 g/mol. The van der Waals surface area contributed by atoms with Gasteiger partial charge in [-0.2, -0.15) is 0 Å². The summed E-state index contributed by atoms with van der Waals surface area (Å²) in [6.45, 7) is 15.6. The summed E-state index contributed by atoms with van der Waals surface area (Å²) in [6, 6.07) is 0. The molecule has 1 rings (SSSR count). The van der Waals surface area contributed by atoms with Crippen LogP contribution in [0.5, 0.6) is 0 Å². The first-order valence-electron chi connectivity index (χ1n) is 7.73. The molecule has 1 aromatic rings. The fraction of sp³-hybridized carbons (Fsp3) is 0.812. The molecule has 3 heteroatoms. The number of imidazole rings is 1. The Balaban J connectivity index is 2.65. The van der Waals surface area contributed by atoms with Crippen LogP contribution in [0.15, 0.2) is 6.20 Å². The zero-order valence-corrected chi connectivity index (χ0v) is 13.5. The molecule has 0 fully saturated rings. The molecule has 0 amide bonds. The zero-order valence-electron chi connectivity index (χ0n) is 13.5. The Bertz CT molecular complexity index is 358. The average molecular weight is 265 g/mol. The standard InChI is InChI=1S/C16H31N3/c1-7-8-9-19-11-14(6)18-16(19)17-10-15(12(2)3)13(4)5/h11-13,15H,7-10H2,1-6H3,(H,17,18). The number of hydrogen-bond donors (Lipinski definition) is 1. The third kappa shape index (κ3) is 4.88. The summed E-state index contributed by atoms with van der Waals surface area (Å²) in [6.07, 6.45) is 4.58. The Morgan fingerprint density at radius 2 is 1.84 bits per heavy atom. The van der Waals surface area contributed by atoms with Gasteiger partial charge in [0.25, 0.3) is 0 Å². The molecule has 110 valence electrons. The van der Waals surface area contributed by atoms with E-state index in [1.807, 2.05) is 0 Å². The zero-order chi connectivity index (χ0) is 14.4. The van der Waals surface area contributed by atoms with E-state index in [-0.39, 0.29) is 0 Å². The first kappa shape index (κ1) is 16.1. The normalized spacial score (nSPS) is 11.8. The van der Waals surface area contributed by atoms with Crippen LogP contribution in [0.1, 0.15) is 53.2 Å². The van der Waals surface area contributed by atoms with Gasteiger partial charge < -0.3 is 9.88 Å². The van der Waals surface area contributed by atoms with Gasteiger partial charge in [0.2, 0.25) is 5.95 Å². The lowest BCUT2D eigenvalue weighted by Gasteiger charge is -2.25. The highest BCUT2D eigenvalue weighted by Crippen LogP contribution is 2.21.